The number of hydrogen-bond donors (Lipinski definition) is 2. The Morgan fingerprint density at radius 1 is 1.53 bits per heavy atom. The molecule has 0 saturated carbocycles. The number of carbonyl (C=O) groups is 2. The van der Waals surface area contributed by atoms with Crippen molar-refractivity contribution >= 4 is 23.2 Å². The summed E-state index contributed by atoms with van der Waals surface area (Å²) in [6, 6.07) is 2.97. The molecule has 17 heavy (non-hydrogen) atoms. The molecule has 0 spiro atoms. The van der Waals surface area contributed by atoms with Crippen molar-refractivity contribution in [2.45, 2.75) is 6.54 Å². The van der Waals surface area contributed by atoms with Crippen molar-refractivity contribution in [2.24, 2.45) is 0 Å². The first-order chi connectivity index (χ1) is 8.16. The Kier molecular flexibility index (Phi) is 3.20. The largest absolute Gasteiger partial charge is 0.475 e. The number of amides is 1. The van der Waals surface area contributed by atoms with Crippen LogP contribution in [-0.2, 0) is 6.54 Å². The van der Waals surface area contributed by atoms with Gasteiger partial charge in [0.2, 0.25) is 5.76 Å². The molecule has 0 unspecified atom stereocenters. The highest BCUT2D eigenvalue weighted by Gasteiger charge is 2.16. The highest BCUT2D eigenvalue weighted by molar-refractivity contribution is 7.07. The van der Waals surface area contributed by atoms with Gasteiger partial charge in [-0.15, -0.1) is 0 Å². The monoisotopic (exact) mass is 252 g/mol. The molecule has 0 atom stereocenters. The van der Waals surface area contributed by atoms with Crippen molar-refractivity contribution < 1.29 is 19.2 Å². The normalized spacial score (nSPS) is 10.1. The summed E-state index contributed by atoms with van der Waals surface area (Å²) < 4.78 is 4.48. The summed E-state index contributed by atoms with van der Waals surface area (Å²) >= 11 is 1.53. The van der Waals surface area contributed by atoms with E-state index in [9.17, 15) is 9.59 Å². The van der Waals surface area contributed by atoms with Crippen molar-refractivity contribution in [3.63, 3.8) is 0 Å². The van der Waals surface area contributed by atoms with E-state index in [1.807, 2.05) is 16.8 Å². The molecule has 1 amide bonds. The van der Waals surface area contributed by atoms with Crippen LogP contribution in [-0.4, -0.2) is 22.1 Å². The SMILES string of the molecule is O=C(NCc1ccsc1)c1cc(C(=O)O)on1. The lowest BCUT2D eigenvalue weighted by atomic mass is 10.3. The molecule has 2 aromatic rings. The van der Waals surface area contributed by atoms with Crippen LogP contribution in [0.5, 0.6) is 0 Å². The molecule has 0 aromatic carbocycles. The van der Waals surface area contributed by atoms with Gasteiger partial charge < -0.3 is 14.9 Å². The summed E-state index contributed by atoms with van der Waals surface area (Å²) in [5, 5.41) is 18.4. The molecule has 0 bridgehead atoms. The van der Waals surface area contributed by atoms with E-state index in [0.29, 0.717) is 6.54 Å². The van der Waals surface area contributed by atoms with Gasteiger partial charge in [-0.05, 0) is 22.4 Å². The van der Waals surface area contributed by atoms with Gasteiger partial charge in [0.05, 0.1) is 0 Å². The average molecular weight is 252 g/mol. The Morgan fingerprint density at radius 2 is 2.35 bits per heavy atom. The number of hydrogen-bond acceptors (Lipinski definition) is 5. The van der Waals surface area contributed by atoms with Crippen LogP contribution in [0.3, 0.4) is 0 Å². The second-order valence-electron chi connectivity index (χ2n) is 3.20. The minimum atomic E-state index is -1.26. The molecule has 0 aliphatic heterocycles. The highest BCUT2D eigenvalue weighted by Crippen LogP contribution is 2.07. The van der Waals surface area contributed by atoms with Crippen LogP contribution in [0.2, 0.25) is 0 Å². The smallest absolute Gasteiger partial charge is 0.374 e. The van der Waals surface area contributed by atoms with E-state index in [4.69, 9.17) is 5.11 Å². The fourth-order valence-corrected chi connectivity index (χ4v) is 1.82. The van der Waals surface area contributed by atoms with Crippen LogP contribution in [0.25, 0.3) is 0 Å². The summed E-state index contributed by atoms with van der Waals surface area (Å²) in [6.07, 6.45) is 0. The highest BCUT2D eigenvalue weighted by atomic mass is 32.1. The van der Waals surface area contributed by atoms with Crippen molar-refractivity contribution in [1.82, 2.24) is 10.5 Å². The first-order valence-electron chi connectivity index (χ1n) is 4.66. The van der Waals surface area contributed by atoms with Crippen molar-refractivity contribution in [2.75, 3.05) is 0 Å². The third-order valence-corrected chi connectivity index (χ3v) is 2.72. The third-order valence-electron chi connectivity index (χ3n) is 1.99. The lowest BCUT2D eigenvalue weighted by Gasteiger charge is -1.99. The molecule has 2 aromatic heterocycles. The molecule has 0 radical (unpaired) electrons. The number of aromatic carboxylic acids is 1. The third kappa shape index (κ3) is 2.70. The Balaban J connectivity index is 1.97. The zero-order valence-electron chi connectivity index (χ0n) is 8.54. The number of nitrogens with zero attached hydrogens (tertiary/aromatic N) is 1. The number of aromatic nitrogens is 1. The van der Waals surface area contributed by atoms with Gasteiger partial charge in [0.1, 0.15) is 0 Å². The predicted octanol–water partition coefficient (Wildman–Crippen LogP) is 1.36. The van der Waals surface area contributed by atoms with Gasteiger partial charge in [-0.25, -0.2) is 4.79 Å². The topological polar surface area (TPSA) is 92.4 Å². The Morgan fingerprint density at radius 3 is 2.94 bits per heavy atom. The van der Waals surface area contributed by atoms with Gasteiger partial charge in [-0.3, -0.25) is 4.79 Å². The summed E-state index contributed by atoms with van der Waals surface area (Å²) in [5.74, 6) is -2.08. The minimum Gasteiger partial charge on any atom is -0.475 e. The average Bonchev–Trinajstić information content (AvgIpc) is 2.96. The molecule has 7 heteroatoms. The van der Waals surface area contributed by atoms with E-state index in [1.54, 1.807) is 0 Å². The maximum Gasteiger partial charge on any atom is 0.374 e. The van der Waals surface area contributed by atoms with Crippen LogP contribution in [0, 0.1) is 0 Å². The quantitative estimate of drug-likeness (QED) is 0.857. The first-order valence-corrected chi connectivity index (χ1v) is 5.60. The Bertz CT molecular complexity index is 532. The van der Waals surface area contributed by atoms with Crippen LogP contribution in [0.15, 0.2) is 27.4 Å². The maximum atomic E-state index is 11.6. The number of carboxylic acid groups (broad SMARTS) is 1. The summed E-state index contributed by atoms with van der Waals surface area (Å²) in [6.45, 7) is 0.373. The molecule has 2 rings (SSSR count). The Hall–Kier alpha value is -2.15. The van der Waals surface area contributed by atoms with E-state index < -0.39 is 11.9 Å². The molecule has 88 valence electrons. The van der Waals surface area contributed by atoms with Gasteiger partial charge in [0.25, 0.3) is 5.91 Å². The van der Waals surface area contributed by atoms with Crippen LogP contribution in [0.4, 0.5) is 0 Å². The molecule has 0 aliphatic carbocycles. The molecular weight excluding hydrogens is 244 g/mol. The summed E-state index contributed by atoms with van der Waals surface area (Å²) in [4.78, 5) is 22.1. The zero-order chi connectivity index (χ0) is 12.3. The van der Waals surface area contributed by atoms with Gasteiger partial charge in [-0.1, -0.05) is 5.16 Å². The second kappa shape index (κ2) is 4.79. The van der Waals surface area contributed by atoms with Crippen LogP contribution < -0.4 is 5.32 Å². The Labute approximate surface area is 99.9 Å². The second-order valence-corrected chi connectivity index (χ2v) is 3.98. The number of thiophene rings is 1. The van der Waals surface area contributed by atoms with E-state index >= 15 is 0 Å². The molecule has 2 heterocycles. The molecular formula is C10H8N2O4S. The maximum absolute atomic E-state index is 11.6. The van der Waals surface area contributed by atoms with Gasteiger partial charge in [0.15, 0.2) is 5.69 Å². The van der Waals surface area contributed by atoms with Crippen molar-refractivity contribution in [3.05, 3.63) is 39.9 Å². The zero-order valence-corrected chi connectivity index (χ0v) is 9.36. The molecule has 2 N–H and O–H groups in total. The van der Waals surface area contributed by atoms with E-state index in [-0.39, 0.29) is 11.5 Å². The minimum absolute atomic E-state index is 0.0439. The van der Waals surface area contributed by atoms with Crippen LogP contribution >= 0.6 is 11.3 Å². The number of carbonyl (C=O) groups excluding carboxylic acids is 1. The molecule has 0 saturated heterocycles. The van der Waals surface area contributed by atoms with Crippen molar-refractivity contribution in [3.8, 4) is 0 Å². The number of rotatable bonds is 4. The lowest BCUT2D eigenvalue weighted by Crippen LogP contribution is -2.22. The fraction of sp³-hybridized carbons (Fsp3) is 0.100. The standard InChI is InChI=1S/C10H8N2O4S/c13-9(11-4-6-1-2-17-5-6)7-3-8(10(14)15)16-12-7/h1-3,5H,4H2,(H,11,13)(H,14,15). The molecule has 6 nitrogen and oxygen atoms in total. The number of carboxylic acids is 1. The van der Waals surface area contributed by atoms with E-state index in [2.05, 4.69) is 15.0 Å². The van der Waals surface area contributed by atoms with Gasteiger partial charge in [-0.2, -0.15) is 11.3 Å². The van der Waals surface area contributed by atoms with Gasteiger partial charge >= 0.3 is 5.97 Å². The summed E-state index contributed by atoms with van der Waals surface area (Å²) in [7, 11) is 0. The lowest BCUT2D eigenvalue weighted by molar-refractivity contribution is 0.0651. The summed E-state index contributed by atoms with van der Waals surface area (Å²) in [5.41, 5.74) is 0.933. The van der Waals surface area contributed by atoms with Crippen molar-refractivity contribution in [1.29, 1.82) is 0 Å². The van der Waals surface area contributed by atoms with Crippen LogP contribution in [0.1, 0.15) is 26.6 Å². The van der Waals surface area contributed by atoms with E-state index in [0.717, 1.165) is 11.6 Å². The predicted molar refractivity (Wildman–Crippen MR) is 59.0 cm³/mol. The molecule has 0 fully saturated rings. The fourth-order valence-electron chi connectivity index (χ4n) is 1.15. The molecule has 0 aliphatic rings. The number of nitrogens with one attached hydrogen (secondary N) is 1. The van der Waals surface area contributed by atoms with Gasteiger partial charge in [0, 0.05) is 12.6 Å². The van der Waals surface area contributed by atoms with E-state index in [1.165, 1.54) is 11.3 Å². The first kappa shape index (κ1) is 11.3.